The van der Waals surface area contributed by atoms with Crippen LogP contribution in [0.4, 0.5) is 5.69 Å². The van der Waals surface area contributed by atoms with Crippen LogP contribution in [-0.4, -0.2) is 61.1 Å². The Kier molecular flexibility index (Phi) is 5.49. The van der Waals surface area contributed by atoms with Gasteiger partial charge in [-0.25, -0.2) is 0 Å². The molecular weight excluding hydrogens is 272 g/mol. The van der Waals surface area contributed by atoms with Crippen molar-refractivity contribution < 1.29 is 9.66 Å². The van der Waals surface area contributed by atoms with Gasteiger partial charge in [-0.2, -0.15) is 0 Å². The minimum Gasteiger partial charge on any atom is -0.492 e. The van der Waals surface area contributed by atoms with Crippen molar-refractivity contribution in [2.24, 2.45) is 5.73 Å². The van der Waals surface area contributed by atoms with Crippen molar-refractivity contribution in [3.63, 3.8) is 0 Å². The minimum atomic E-state index is -0.423. The zero-order valence-corrected chi connectivity index (χ0v) is 12.3. The van der Waals surface area contributed by atoms with Crippen LogP contribution in [0.5, 0.6) is 5.75 Å². The van der Waals surface area contributed by atoms with E-state index in [1.807, 2.05) is 0 Å². The van der Waals surface area contributed by atoms with Gasteiger partial charge < -0.3 is 15.4 Å². The Labute approximate surface area is 124 Å². The Balaban J connectivity index is 1.86. The molecule has 1 heterocycles. The Hall–Kier alpha value is -1.70. The quantitative estimate of drug-likeness (QED) is 0.613. The van der Waals surface area contributed by atoms with E-state index in [-0.39, 0.29) is 12.2 Å². The van der Waals surface area contributed by atoms with E-state index < -0.39 is 4.92 Å². The molecule has 0 spiro atoms. The van der Waals surface area contributed by atoms with Crippen molar-refractivity contribution in [3.05, 3.63) is 33.9 Å². The van der Waals surface area contributed by atoms with E-state index in [4.69, 9.17) is 10.5 Å². The molecule has 0 bridgehead atoms. The molecule has 1 fully saturated rings. The van der Waals surface area contributed by atoms with E-state index in [2.05, 4.69) is 16.8 Å². The number of nitro groups is 1. The summed E-state index contributed by atoms with van der Waals surface area (Å²) < 4.78 is 5.73. The lowest BCUT2D eigenvalue weighted by molar-refractivity contribution is -0.384. The number of nitro benzene ring substituents is 1. The van der Waals surface area contributed by atoms with Crippen LogP contribution in [0.3, 0.4) is 0 Å². The first-order chi connectivity index (χ1) is 10.1. The van der Waals surface area contributed by atoms with Gasteiger partial charge in [0.15, 0.2) is 0 Å². The maximum atomic E-state index is 10.7. The molecule has 7 nitrogen and oxygen atoms in total. The smallest absolute Gasteiger partial charge is 0.270 e. The average Bonchev–Trinajstić information content (AvgIpc) is 2.49. The lowest BCUT2D eigenvalue weighted by Gasteiger charge is -2.32. The molecule has 0 radical (unpaired) electrons. The number of hydrogen-bond donors (Lipinski definition) is 1. The summed E-state index contributed by atoms with van der Waals surface area (Å²) >= 11 is 0. The van der Waals surface area contributed by atoms with Gasteiger partial charge in [0.25, 0.3) is 5.69 Å². The molecule has 1 aromatic carbocycles. The van der Waals surface area contributed by atoms with Gasteiger partial charge in [-0.3, -0.25) is 15.0 Å². The fraction of sp³-hybridized carbons (Fsp3) is 0.571. The van der Waals surface area contributed by atoms with Crippen molar-refractivity contribution in [1.82, 2.24) is 9.80 Å². The maximum Gasteiger partial charge on any atom is 0.270 e. The number of rotatable bonds is 6. The molecule has 0 unspecified atom stereocenters. The molecule has 116 valence electrons. The van der Waals surface area contributed by atoms with Crippen molar-refractivity contribution >= 4 is 5.69 Å². The second-order valence-corrected chi connectivity index (χ2v) is 5.25. The summed E-state index contributed by atoms with van der Waals surface area (Å²) in [5.74, 6) is 0.636. The topological polar surface area (TPSA) is 84.9 Å². The molecule has 0 aromatic heterocycles. The molecule has 0 atom stereocenters. The third kappa shape index (κ3) is 4.38. The van der Waals surface area contributed by atoms with Crippen LogP contribution in [0.1, 0.15) is 5.56 Å². The van der Waals surface area contributed by atoms with Crippen LogP contribution in [0, 0.1) is 10.1 Å². The summed E-state index contributed by atoms with van der Waals surface area (Å²) in [6, 6.07) is 4.56. The molecule has 0 amide bonds. The molecule has 1 aromatic rings. The van der Waals surface area contributed by atoms with Crippen molar-refractivity contribution in [2.75, 3.05) is 46.4 Å². The number of nitrogens with two attached hydrogens (primary N) is 1. The molecule has 2 rings (SSSR count). The monoisotopic (exact) mass is 294 g/mol. The highest BCUT2D eigenvalue weighted by atomic mass is 16.6. The Morgan fingerprint density at radius 3 is 2.67 bits per heavy atom. The summed E-state index contributed by atoms with van der Waals surface area (Å²) in [7, 11) is 2.12. The number of hydrogen-bond acceptors (Lipinski definition) is 6. The second kappa shape index (κ2) is 7.35. The predicted octanol–water partition coefficient (Wildman–Crippen LogP) is 0.680. The SMILES string of the molecule is CN1CCN(CCOc2ccc([N+](=O)[O-])cc2CN)CC1. The second-order valence-electron chi connectivity index (χ2n) is 5.25. The van der Waals surface area contributed by atoms with E-state index in [9.17, 15) is 10.1 Å². The van der Waals surface area contributed by atoms with E-state index in [0.29, 0.717) is 17.9 Å². The molecule has 1 aliphatic rings. The minimum absolute atomic E-state index is 0.0434. The molecule has 21 heavy (non-hydrogen) atoms. The largest absolute Gasteiger partial charge is 0.492 e. The highest BCUT2D eigenvalue weighted by Crippen LogP contribution is 2.23. The summed E-state index contributed by atoms with van der Waals surface area (Å²) in [6.07, 6.45) is 0. The Morgan fingerprint density at radius 1 is 1.33 bits per heavy atom. The molecule has 0 aliphatic carbocycles. The first kappa shape index (κ1) is 15.7. The summed E-state index contributed by atoms with van der Waals surface area (Å²) in [4.78, 5) is 15.0. The molecule has 0 saturated carbocycles. The first-order valence-electron chi connectivity index (χ1n) is 7.11. The molecule has 1 aliphatic heterocycles. The van der Waals surface area contributed by atoms with Gasteiger partial charge in [-0.1, -0.05) is 0 Å². The molecule has 2 N–H and O–H groups in total. The van der Waals surface area contributed by atoms with Crippen molar-refractivity contribution in [2.45, 2.75) is 6.54 Å². The number of piperazine rings is 1. The Bertz CT molecular complexity index is 487. The fourth-order valence-corrected chi connectivity index (χ4v) is 2.34. The van der Waals surface area contributed by atoms with Gasteiger partial charge in [0.2, 0.25) is 0 Å². The van der Waals surface area contributed by atoms with Crippen LogP contribution in [-0.2, 0) is 6.54 Å². The number of non-ortho nitro benzene ring substituents is 1. The summed E-state index contributed by atoms with van der Waals surface area (Å²) in [6.45, 7) is 5.89. The van der Waals surface area contributed by atoms with Gasteiger partial charge in [0.05, 0.1) is 4.92 Å². The molecular formula is C14H22N4O3. The normalized spacial score (nSPS) is 16.9. The lowest BCUT2D eigenvalue weighted by Crippen LogP contribution is -2.45. The van der Waals surface area contributed by atoms with Crippen LogP contribution >= 0.6 is 0 Å². The van der Waals surface area contributed by atoms with Crippen LogP contribution < -0.4 is 10.5 Å². The number of likely N-dealkylation sites (N-methyl/N-ethyl adjacent to an activating group) is 1. The molecule has 7 heteroatoms. The predicted molar refractivity (Wildman–Crippen MR) is 80.4 cm³/mol. The standard InChI is InChI=1S/C14H22N4O3/c1-16-4-6-17(7-5-16)8-9-21-14-3-2-13(18(19)20)10-12(14)11-15/h2-3,10H,4-9,11,15H2,1H3. The van der Waals surface area contributed by atoms with E-state index >= 15 is 0 Å². The van der Waals surface area contributed by atoms with Crippen molar-refractivity contribution in [1.29, 1.82) is 0 Å². The highest BCUT2D eigenvalue weighted by Gasteiger charge is 2.14. The van der Waals surface area contributed by atoms with Crippen LogP contribution in [0.2, 0.25) is 0 Å². The number of nitrogens with zero attached hydrogens (tertiary/aromatic N) is 3. The van der Waals surface area contributed by atoms with Crippen LogP contribution in [0.25, 0.3) is 0 Å². The zero-order valence-electron chi connectivity index (χ0n) is 12.3. The summed E-state index contributed by atoms with van der Waals surface area (Å²) in [5.41, 5.74) is 6.34. The number of ether oxygens (including phenoxy) is 1. The van der Waals surface area contributed by atoms with E-state index in [0.717, 1.165) is 32.7 Å². The van der Waals surface area contributed by atoms with Gasteiger partial charge in [0, 0.05) is 57.0 Å². The van der Waals surface area contributed by atoms with Gasteiger partial charge in [-0.15, -0.1) is 0 Å². The maximum absolute atomic E-state index is 10.7. The zero-order chi connectivity index (χ0) is 15.2. The average molecular weight is 294 g/mol. The third-order valence-electron chi connectivity index (χ3n) is 3.74. The van der Waals surface area contributed by atoms with Gasteiger partial charge in [0.1, 0.15) is 12.4 Å². The number of benzene rings is 1. The highest BCUT2D eigenvalue weighted by molar-refractivity contribution is 5.43. The van der Waals surface area contributed by atoms with Gasteiger partial charge in [-0.05, 0) is 13.1 Å². The van der Waals surface area contributed by atoms with Crippen LogP contribution in [0.15, 0.2) is 18.2 Å². The molecule has 1 saturated heterocycles. The van der Waals surface area contributed by atoms with Gasteiger partial charge >= 0.3 is 0 Å². The first-order valence-corrected chi connectivity index (χ1v) is 7.11. The third-order valence-corrected chi connectivity index (χ3v) is 3.74. The Morgan fingerprint density at radius 2 is 2.05 bits per heavy atom. The lowest BCUT2D eigenvalue weighted by atomic mass is 10.2. The van der Waals surface area contributed by atoms with Crippen molar-refractivity contribution in [3.8, 4) is 5.75 Å². The fourth-order valence-electron chi connectivity index (χ4n) is 2.34. The van der Waals surface area contributed by atoms with E-state index in [1.165, 1.54) is 12.1 Å². The van der Waals surface area contributed by atoms with E-state index in [1.54, 1.807) is 6.07 Å². The summed E-state index contributed by atoms with van der Waals surface area (Å²) in [5, 5.41) is 10.7.